The summed E-state index contributed by atoms with van der Waals surface area (Å²) in [6.07, 6.45) is 1.50. The molecule has 1 atom stereocenters. The third-order valence-corrected chi connectivity index (χ3v) is 3.22. The molecule has 16 heavy (non-hydrogen) atoms. The summed E-state index contributed by atoms with van der Waals surface area (Å²) in [5.41, 5.74) is 0. The average Bonchev–Trinajstić information content (AvgIpc) is 2.77. The van der Waals surface area contributed by atoms with E-state index in [4.69, 9.17) is 5.26 Å². The largest absolute Gasteiger partial charge is 0.467 e. The van der Waals surface area contributed by atoms with Crippen LogP contribution in [0.25, 0.3) is 0 Å². The number of amides is 1. The zero-order chi connectivity index (χ0) is 12.0. The van der Waals surface area contributed by atoms with Crippen LogP contribution in [-0.4, -0.2) is 48.0 Å². The zero-order valence-corrected chi connectivity index (χ0v) is 9.96. The van der Waals surface area contributed by atoms with Gasteiger partial charge in [0.15, 0.2) is 0 Å². The highest BCUT2D eigenvalue weighted by Gasteiger charge is 2.34. The second-order valence-electron chi connectivity index (χ2n) is 3.42. The quantitative estimate of drug-likeness (QED) is 0.527. The maximum absolute atomic E-state index is 11.7. The summed E-state index contributed by atoms with van der Waals surface area (Å²) in [6.45, 7) is 0.603. The number of carbonyl (C=O) groups is 2. The molecule has 0 aromatic rings. The van der Waals surface area contributed by atoms with Crippen LogP contribution in [-0.2, 0) is 14.3 Å². The minimum absolute atomic E-state index is 0.0897. The van der Waals surface area contributed by atoms with Crippen molar-refractivity contribution in [2.45, 2.75) is 18.9 Å². The Balaban J connectivity index is 2.48. The van der Waals surface area contributed by atoms with Gasteiger partial charge in [-0.3, -0.25) is 4.79 Å². The lowest BCUT2D eigenvalue weighted by molar-refractivity contribution is -0.150. The second-order valence-corrected chi connectivity index (χ2v) is 4.40. The van der Waals surface area contributed by atoms with E-state index >= 15 is 0 Å². The van der Waals surface area contributed by atoms with Crippen LogP contribution in [0.3, 0.4) is 0 Å². The Labute approximate surface area is 98.7 Å². The number of esters is 1. The standard InChI is InChI=1S/C10H14N2O3S/c1-15-10(14)8-3-2-5-12(8)9(13)7-16-6-4-11/h8H,2-3,5-7H2,1H3. The Morgan fingerprint density at radius 2 is 2.38 bits per heavy atom. The van der Waals surface area contributed by atoms with Crippen molar-refractivity contribution >= 4 is 23.6 Å². The summed E-state index contributed by atoms with van der Waals surface area (Å²) >= 11 is 1.27. The number of nitrogens with zero attached hydrogens (tertiary/aromatic N) is 2. The minimum atomic E-state index is -0.430. The number of rotatable bonds is 4. The van der Waals surface area contributed by atoms with Crippen LogP contribution in [0.2, 0.25) is 0 Å². The number of likely N-dealkylation sites (tertiary alicyclic amines) is 1. The number of hydrogen-bond donors (Lipinski definition) is 0. The number of hydrogen-bond acceptors (Lipinski definition) is 5. The van der Waals surface area contributed by atoms with Crippen LogP contribution in [0.5, 0.6) is 0 Å². The van der Waals surface area contributed by atoms with E-state index in [2.05, 4.69) is 4.74 Å². The predicted octanol–water partition coefficient (Wildman–Crippen LogP) is 0.407. The van der Waals surface area contributed by atoms with Gasteiger partial charge in [0, 0.05) is 6.54 Å². The van der Waals surface area contributed by atoms with Crippen molar-refractivity contribution in [3.05, 3.63) is 0 Å². The number of methoxy groups -OCH3 is 1. The maximum Gasteiger partial charge on any atom is 0.328 e. The molecule has 1 saturated heterocycles. The molecule has 0 aromatic carbocycles. The molecule has 1 aliphatic heterocycles. The lowest BCUT2D eigenvalue weighted by Gasteiger charge is -2.22. The first-order valence-electron chi connectivity index (χ1n) is 5.02. The predicted molar refractivity (Wildman–Crippen MR) is 59.7 cm³/mol. The van der Waals surface area contributed by atoms with Crippen molar-refractivity contribution in [3.63, 3.8) is 0 Å². The number of carbonyl (C=O) groups excluding carboxylic acids is 2. The number of thioether (sulfide) groups is 1. The summed E-state index contributed by atoms with van der Waals surface area (Å²) in [5, 5.41) is 8.35. The van der Waals surface area contributed by atoms with Crippen LogP contribution in [0.4, 0.5) is 0 Å². The molecule has 0 aromatic heterocycles. The lowest BCUT2D eigenvalue weighted by Crippen LogP contribution is -2.42. The third kappa shape index (κ3) is 3.14. The fourth-order valence-electron chi connectivity index (χ4n) is 1.71. The van der Waals surface area contributed by atoms with Crippen LogP contribution in [0.15, 0.2) is 0 Å². The molecular weight excluding hydrogens is 228 g/mol. The Morgan fingerprint density at radius 1 is 1.62 bits per heavy atom. The van der Waals surface area contributed by atoms with E-state index < -0.39 is 6.04 Å². The van der Waals surface area contributed by atoms with Crippen LogP contribution < -0.4 is 0 Å². The average molecular weight is 242 g/mol. The molecule has 1 unspecified atom stereocenters. The van der Waals surface area contributed by atoms with Gasteiger partial charge in [-0.05, 0) is 12.8 Å². The van der Waals surface area contributed by atoms with Gasteiger partial charge in [-0.1, -0.05) is 0 Å². The first kappa shape index (κ1) is 12.8. The van der Waals surface area contributed by atoms with E-state index in [1.807, 2.05) is 6.07 Å². The summed E-state index contributed by atoms with van der Waals surface area (Å²) in [6, 6.07) is 1.53. The van der Waals surface area contributed by atoms with Crippen molar-refractivity contribution in [1.29, 1.82) is 5.26 Å². The van der Waals surface area contributed by atoms with Gasteiger partial charge in [0.1, 0.15) is 6.04 Å². The highest BCUT2D eigenvalue weighted by Crippen LogP contribution is 2.19. The van der Waals surface area contributed by atoms with Gasteiger partial charge in [0.25, 0.3) is 0 Å². The van der Waals surface area contributed by atoms with Crippen LogP contribution in [0, 0.1) is 11.3 Å². The first-order chi connectivity index (χ1) is 7.70. The fourth-order valence-corrected chi connectivity index (χ4v) is 2.25. The van der Waals surface area contributed by atoms with Gasteiger partial charge in [-0.15, -0.1) is 11.8 Å². The van der Waals surface area contributed by atoms with Gasteiger partial charge in [0.05, 0.1) is 24.7 Å². The normalized spacial score (nSPS) is 19.2. The number of nitriles is 1. The summed E-state index contributed by atoms with van der Waals surface area (Å²) in [4.78, 5) is 24.7. The molecule has 6 heteroatoms. The smallest absolute Gasteiger partial charge is 0.328 e. The highest BCUT2D eigenvalue weighted by molar-refractivity contribution is 8.00. The minimum Gasteiger partial charge on any atom is -0.467 e. The highest BCUT2D eigenvalue weighted by atomic mass is 32.2. The molecule has 1 aliphatic rings. The molecule has 0 N–H and O–H groups in total. The maximum atomic E-state index is 11.7. The Kier molecular flexibility index (Phi) is 5.12. The molecule has 0 radical (unpaired) electrons. The summed E-state index contributed by atoms with van der Waals surface area (Å²) in [5.74, 6) is 0.105. The Hall–Kier alpha value is -1.22. The van der Waals surface area contributed by atoms with E-state index in [1.54, 1.807) is 4.90 Å². The third-order valence-electron chi connectivity index (χ3n) is 2.44. The Morgan fingerprint density at radius 3 is 3.00 bits per heavy atom. The van der Waals surface area contributed by atoms with Crippen molar-refractivity contribution < 1.29 is 14.3 Å². The van der Waals surface area contributed by atoms with Gasteiger partial charge in [-0.25, -0.2) is 4.79 Å². The SMILES string of the molecule is COC(=O)C1CCCN1C(=O)CSCC#N. The molecule has 1 rings (SSSR count). The van der Waals surface area contributed by atoms with Gasteiger partial charge in [0.2, 0.25) is 5.91 Å². The summed E-state index contributed by atoms with van der Waals surface area (Å²) in [7, 11) is 1.33. The van der Waals surface area contributed by atoms with Crippen molar-refractivity contribution in [2.24, 2.45) is 0 Å². The molecule has 88 valence electrons. The lowest BCUT2D eigenvalue weighted by atomic mass is 10.2. The monoisotopic (exact) mass is 242 g/mol. The van der Waals surface area contributed by atoms with E-state index in [0.29, 0.717) is 18.7 Å². The Bertz CT molecular complexity index is 314. The summed E-state index contributed by atoms with van der Waals surface area (Å²) < 4.78 is 4.65. The zero-order valence-electron chi connectivity index (χ0n) is 9.14. The van der Waals surface area contributed by atoms with E-state index in [9.17, 15) is 9.59 Å². The van der Waals surface area contributed by atoms with Crippen molar-refractivity contribution in [1.82, 2.24) is 4.90 Å². The van der Waals surface area contributed by atoms with Crippen molar-refractivity contribution in [2.75, 3.05) is 25.2 Å². The van der Waals surface area contributed by atoms with Crippen LogP contribution in [0.1, 0.15) is 12.8 Å². The number of ether oxygens (including phenoxy) is 1. The molecule has 1 heterocycles. The first-order valence-corrected chi connectivity index (χ1v) is 6.18. The van der Waals surface area contributed by atoms with E-state index in [-0.39, 0.29) is 17.6 Å². The van der Waals surface area contributed by atoms with Gasteiger partial charge >= 0.3 is 5.97 Å². The van der Waals surface area contributed by atoms with Gasteiger partial charge < -0.3 is 9.64 Å². The molecule has 0 saturated carbocycles. The molecule has 0 bridgehead atoms. The molecular formula is C10H14N2O3S. The van der Waals surface area contributed by atoms with Crippen LogP contribution >= 0.6 is 11.8 Å². The molecule has 1 fully saturated rings. The fraction of sp³-hybridized carbons (Fsp3) is 0.700. The van der Waals surface area contributed by atoms with Crippen molar-refractivity contribution in [3.8, 4) is 6.07 Å². The topological polar surface area (TPSA) is 70.4 Å². The van der Waals surface area contributed by atoms with Gasteiger partial charge in [-0.2, -0.15) is 5.26 Å². The molecule has 0 aliphatic carbocycles. The van der Waals surface area contributed by atoms with E-state index in [0.717, 1.165) is 6.42 Å². The molecule has 0 spiro atoms. The van der Waals surface area contributed by atoms with E-state index in [1.165, 1.54) is 18.9 Å². The molecule has 1 amide bonds. The molecule has 5 nitrogen and oxygen atoms in total. The second kappa shape index (κ2) is 6.38.